The van der Waals surface area contributed by atoms with Gasteiger partial charge in [-0.15, -0.1) is 0 Å². The summed E-state index contributed by atoms with van der Waals surface area (Å²) in [7, 11) is 0. The van der Waals surface area contributed by atoms with E-state index in [2.05, 4.69) is 5.48 Å². The molecule has 1 saturated heterocycles. The first kappa shape index (κ1) is 23.7. The minimum absolute atomic E-state index is 0.0203. The molecule has 1 aliphatic carbocycles. The summed E-state index contributed by atoms with van der Waals surface area (Å²) in [6.45, 7) is -0.170. The van der Waals surface area contributed by atoms with Crippen LogP contribution in [0.3, 0.4) is 0 Å². The van der Waals surface area contributed by atoms with Crippen molar-refractivity contribution in [3.05, 3.63) is 76.9 Å². The van der Waals surface area contributed by atoms with Crippen LogP contribution in [-0.2, 0) is 27.1 Å². The van der Waals surface area contributed by atoms with Crippen LogP contribution < -0.4 is 5.48 Å². The van der Waals surface area contributed by atoms with E-state index in [-0.39, 0.29) is 41.7 Å². The lowest BCUT2D eigenvalue weighted by Gasteiger charge is -2.45. The van der Waals surface area contributed by atoms with Crippen LogP contribution in [0.15, 0.2) is 54.6 Å². The molecule has 0 radical (unpaired) electrons. The second-order valence-corrected chi connectivity index (χ2v) is 9.09. The molecule has 2 fully saturated rings. The first-order valence-electron chi connectivity index (χ1n) is 10.8. The van der Waals surface area contributed by atoms with E-state index in [1.807, 2.05) is 0 Å². The Morgan fingerprint density at radius 2 is 1.63 bits per heavy atom. The number of benzene rings is 2. The van der Waals surface area contributed by atoms with Gasteiger partial charge in [-0.3, -0.25) is 15.1 Å². The maximum Gasteiger partial charge on any atom is 0.428 e. The molecule has 4 nitrogen and oxygen atoms in total. The number of likely N-dealkylation sites (tertiary alicyclic amines) is 1. The highest BCUT2D eigenvalue weighted by molar-refractivity contribution is 5.82. The van der Waals surface area contributed by atoms with Gasteiger partial charge in [0.1, 0.15) is 0 Å². The molecule has 2 heterocycles. The highest BCUT2D eigenvalue weighted by Crippen LogP contribution is 2.48. The Bertz CT molecular complexity index is 1180. The zero-order chi connectivity index (χ0) is 25.2. The molecule has 0 aromatic heterocycles. The maximum absolute atomic E-state index is 15.2. The Morgan fingerprint density at radius 1 is 0.971 bits per heavy atom. The van der Waals surface area contributed by atoms with Crippen LogP contribution in [-0.4, -0.2) is 30.1 Å². The highest BCUT2D eigenvalue weighted by atomic mass is 19.4. The van der Waals surface area contributed by atoms with E-state index in [0.717, 1.165) is 25.0 Å². The van der Waals surface area contributed by atoms with Crippen molar-refractivity contribution >= 4 is 11.6 Å². The highest BCUT2D eigenvalue weighted by Gasteiger charge is 2.60. The predicted octanol–water partition coefficient (Wildman–Crippen LogP) is 5.46. The third-order valence-electron chi connectivity index (χ3n) is 6.54. The molecule has 186 valence electrons. The summed E-state index contributed by atoms with van der Waals surface area (Å²) in [6.07, 6.45) is -7.62. The van der Waals surface area contributed by atoms with E-state index < -0.39 is 34.7 Å². The quantitative estimate of drug-likeness (QED) is 0.568. The zero-order valence-corrected chi connectivity index (χ0v) is 18.0. The molecule has 2 aromatic carbocycles. The van der Waals surface area contributed by atoms with Crippen LogP contribution >= 0.6 is 0 Å². The standard InChI is InChI=1S/C24H19F7N2O2/c25-21(12-33(13-21)20(34)15-4-5-15)16-8-6-14(7-9-16)19-11-22(35-32-19,24(29,30)31)17-2-1-3-18(10-17)23(26,27)28/h1-3,6-11,15,32H,4-5,12-13H2. The number of hydroxylamine groups is 1. The number of hydrogen-bond acceptors (Lipinski definition) is 3. The fourth-order valence-electron chi connectivity index (χ4n) is 4.35. The van der Waals surface area contributed by atoms with Crippen LogP contribution in [0.25, 0.3) is 5.70 Å². The Balaban J connectivity index is 1.40. The summed E-state index contributed by atoms with van der Waals surface area (Å²) < 4.78 is 96.7. The van der Waals surface area contributed by atoms with Crippen LogP contribution in [0.4, 0.5) is 30.7 Å². The van der Waals surface area contributed by atoms with Crippen LogP contribution in [0.1, 0.15) is 35.1 Å². The molecule has 0 spiro atoms. The summed E-state index contributed by atoms with van der Waals surface area (Å²) in [5.41, 5.74) is -4.33. The van der Waals surface area contributed by atoms with E-state index in [1.54, 1.807) is 0 Å². The topological polar surface area (TPSA) is 41.6 Å². The number of carbonyl (C=O) groups excluding carboxylic acids is 1. The van der Waals surface area contributed by atoms with Crippen LogP contribution in [0.2, 0.25) is 0 Å². The molecule has 1 amide bonds. The Hall–Kier alpha value is -3.08. The first-order chi connectivity index (χ1) is 16.3. The molecule has 1 atom stereocenters. The number of nitrogens with one attached hydrogen (secondary N) is 1. The van der Waals surface area contributed by atoms with Gasteiger partial charge in [0.15, 0.2) is 5.67 Å². The minimum Gasteiger partial charge on any atom is -0.335 e. The molecule has 1 saturated carbocycles. The van der Waals surface area contributed by atoms with Gasteiger partial charge in [0.2, 0.25) is 11.5 Å². The Labute approximate surface area is 195 Å². The van der Waals surface area contributed by atoms with Crippen molar-refractivity contribution in [3.63, 3.8) is 0 Å². The smallest absolute Gasteiger partial charge is 0.335 e. The molecule has 2 aromatic rings. The minimum atomic E-state index is -5.08. The third kappa shape index (κ3) is 4.05. The van der Waals surface area contributed by atoms with Crippen molar-refractivity contribution in [2.45, 2.75) is 36.5 Å². The molecule has 35 heavy (non-hydrogen) atoms. The summed E-state index contributed by atoms with van der Waals surface area (Å²) in [5, 5.41) is 0. The van der Waals surface area contributed by atoms with E-state index in [9.17, 15) is 31.1 Å². The third-order valence-corrected chi connectivity index (χ3v) is 6.54. The predicted molar refractivity (Wildman–Crippen MR) is 110 cm³/mol. The van der Waals surface area contributed by atoms with Crippen molar-refractivity contribution < 1.29 is 40.4 Å². The molecule has 5 rings (SSSR count). The number of nitrogens with zero attached hydrogens (tertiary/aromatic N) is 1. The monoisotopic (exact) mass is 500 g/mol. The lowest BCUT2D eigenvalue weighted by Crippen LogP contribution is -2.59. The van der Waals surface area contributed by atoms with Gasteiger partial charge in [-0.25, -0.2) is 4.39 Å². The number of carbonyl (C=O) groups is 1. The van der Waals surface area contributed by atoms with Gasteiger partial charge < -0.3 is 4.90 Å². The normalized spacial score (nSPS) is 24.0. The average molecular weight is 500 g/mol. The van der Waals surface area contributed by atoms with Gasteiger partial charge in [-0.1, -0.05) is 36.4 Å². The molecule has 1 unspecified atom stereocenters. The molecule has 3 aliphatic rings. The summed E-state index contributed by atoms with van der Waals surface area (Å²) in [5.74, 6) is -0.0848. The number of hydrogen-bond donors (Lipinski definition) is 1. The Morgan fingerprint density at radius 3 is 2.20 bits per heavy atom. The molecule has 2 aliphatic heterocycles. The largest absolute Gasteiger partial charge is 0.428 e. The number of alkyl halides is 7. The summed E-state index contributed by atoms with van der Waals surface area (Å²) in [4.78, 5) is 18.4. The second kappa shape index (κ2) is 7.71. The maximum atomic E-state index is 15.2. The van der Waals surface area contributed by atoms with Crippen LogP contribution in [0, 0.1) is 5.92 Å². The Kier molecular flexibility index (Phi) is 5.21. The van der Waals surface area contributed by atoms with E-state index in [0.29, 0.717) is 18.2 Å². The molecule has 1 N–H and O–H groups in total. The lowest BCUT2D eigenvalue weighted by atomic mass is 9.86. The zero-order valence-electron chi connectivity index (χ0n) is 18.0. The van der Waals surface area contributed by atoms with E-state index in [4.69, 9.17) is 4.84 Å². The van der Waals surface area contributed by atoms with Gasteiger partial charge >= 0.3 is 12.4 Å². The van der Waals surface area contributed by atoms with E-state index >= 15 is 4.39 Å². The van der Waals surface area contributed by atoms with Gasteiger partial charge in [-0.2, -0.15) is 26.3 Å². The van der Waals surface area contributed by atoms with Crippen molar-refractivity contribution in [2.24, 2.45) is 5.92 Å². The van der Waals surface area contributed by atoms with E-state index in [1.165, 1.54) is 29.2 Å². The fraction of sp³-hybridized carbons (Fsp3) is 0.375. The van der Waals surface area contributed by atoms with Crippen molar-refractivity contribution in [1.29, 1.82) is 0 Å². The molecule has 0 bridgehead atoms. The SMILES string of the molecule is O=C(C1CC1)N1CC(F)(c2ccc(C3=CC(c4cccc(C(F)(F)F)c4)(C(F)(F)F)ON3)cc2)C1. The van der Waals surface area contributed by atoms with Gasteiger partial charge in [0, 0.05) is 11.5 Å². The first-order valence-corrected chi connectivity index (χ1v) is 10.8. The van der Waals surface area contributed by atoms with Gasteiger partial charge in [0.25, 0.3) is 0 Å². The second-order valence-electron chi connectivity index (χ2n) is 9.09. The van der Waals surface area contributed by atoms with Crippen molar-refractivity contribution in [1.82, 2.24) is 10.4 Å². The lowest BCUT2D eigenvalue weighted by molar-refractivity contribution is -0.269. The van der Waals surface area contributed by atoms with Gasteiger partial charge in [-0.05, 0) is 42.2 Å². The average Bonchev–Trinajstić information content (AvgIpc) is 3.53. The number of amides is 1. The fourth-order valence-corrected chi connectivity index (χ4v) is 4.35. The van der Waals surface area contributed by atoms with Gasteiger partial charge in [0.05, 0.1) is 24.4 Å². The van der Waals surface area contributed by atoms with Crippen molar-refractivity contribution in [2.75, 3.05) is 13.1 Å². The van der Waals surface area contributed by atoms with Crippen LogP contribution in [0.5, 0.6) is 0 Å². The number of rotatable bonds is 4. The molecule has 11 heteroatoms. The van der Waals surface area contributed by atoms with Crippen molar-refractivity contribution in [3.8, 4) is 0 Å². The summed E-state index contributed by atoms with van der Waals surface area (Å²) >= 11 is 0. The molecular weight excluding hydrogens is 481 g/mol. The summed E-state index contributed by atoms with van der Waals surface area (Å²) in [6, 6.07) is 8.47. The number of halogens is 7. The molecular formula is C24H19F7N2O2.